The van der Waals surface area contributed by atoms with Gasteiger partial charge in [0.15, 0.2) is 6.10 Å². The molecule has 168 valence electrons. The Morgan fingerprint density at radius 2 is 1.81 bits per heavy atom. The van der Waals surface area contributed by atoms with Crippen molar-refractivity contribution in [1.82, 2.24) is 9.55 Å². The number of methoxy groups -OCH3 is 3. The van der Waals surface area contributed by atoms with Crippen LogP contribution in [0.3, 0.4) is 0 Å². The molecule has 4 atom stereocenters. The molecule has 12 heteroatoms. The first-order valence-electron chi connectivity index (χ1n) is 8.99. The summed E-state index contributed by atoms with van der Waals surface area (Å²) in [5.41, 5.74) is 0.657. The van der Waals surface area contributed by atoms with Crippen LogP contribution in [0.4, 0.5) is 10.2 Å². The Bertz CT molecular complexity index is 1010. The number of carbonyl (C=O) groups excluding carboxylic acids is 1. The van der Waals surface area contributed by atoms with Crippen LogP contribution < -0.4 is 11.4 Å². The smallest absolute Gasteiger partial charge is 0.354 e. The number of benzene rings is 1. The lowest BCUT2D eigenvalue weighted by molar-refractivity contribution is -0.411. The highest BCUT2D eigenvalue weighted by Gasteiger charge is 2.76. The zero-order chi connectivity index (χ0) is 23.0. The van der Waals surface area contributed by atoms with Gasteiger partial charge in [0.25, 0.3) is 0 Å². The molecular weight excluding hydrogens is 417 g/mol. The number of Topliss-reactive ketones (excluding diaryl/α,β-unsaturated/α-hetero) is 1. The molecule has 2 aromatic rings. The second-order valence-corrected chi connectivity index (χ2v) is 6.73. The second kappa shape index (κ2) is 8.07. The largest absolute Gasteiger partial charge is 0.386 e. The van der Waals surface area contributed by atoms with Gasteiger partial charge < -0.3 is 34.9 Å². The highest BCUT2D eigenvalue weighted by Crippen LogP contribution is 2.49. The number of halogens is 1. The van der Waals surface area contributed by atoms with Crippen LogP contribution >= 0.6 is 0 Å². The van der Waals surface area contributed by atoms with Crippen molar-refractivity contribution >= 4 is 11.6 Å². The fourth-order valence-corrected chi connectivity index (χ4v) is 3.55. The number of aliphatic hydroxyl groups excluding tert-OH is 1. The predicted octanol–water partition coefficient (Wildman–Crippen LogP) is -0.628. The van der Waals surface area contributed by atoms with Crippen LogP contribution in [0, 0.1) is 0 Å². The minimum atomic E-state index is -3.65. The van der Waals surface area contributed by atoms with Crippen LogP contribution in [-0.4, -0.2) is 70.7 Å². The number of hydrogen-bond donors (Lipinski definition) is 3. The number of hydrogen-bond acceptors (Lipinski definition) is 10. The summed E-state index contributed by atoms with van der Waals surface area (Å²) in [5.74, 6) is -7.41. The number of rotatable bonds is 7. The maximum Gasteiger partial charge on any atom is 0.354 e. The van der Waals surface area contributed by atoms with Crippen molar-refractivity contribution in [1.29, 1.82) is 0 Å². The van der Waals surface area contributed by atoms with E-state index in [1.807, 2.05) is 0 Å². The molecule has 1 aromatic heterocycles. The van der Waals surface area contributed by atoms with Crippen molar-refractivity contribution in [2.45, 2.75) is 29.8 Å². The van der Waals surface area contributed by atoms with Crippen molar-refractivity contribution in [3.05, 3.63) is 58.6 Å². The molecule has 1 aliphatic heterocycles. The van der Waals surface area contributed by atoms with Crippen molar-refractivity contribution in [2.75, 3.05) is 27.1 Å². The number of nitrogens with two attached hydrogens (primary N) is 1. The first-order chi connectivity index (χ1) is 14.6. The van der Waals surface area contributed by atoms with Crippen molar-refractivity contribution < 1.29 is 38.3 Å². The Morgan fingerprint density at radius 3 is 2.32 bits per heavy atom. The fraction of sp³-hybridized carbons (Fsp3) is 0.421. The molecule has 0 saturated carbocycles. The quantitative estimate of drug-likeness (QED) is 0.375. The minimum absolute atomic E-state index is 0.162. The highest BCUT2D eigenvalue weighted by atomic mass is 19.2. The summed E-state index contributed by atoms with van der Waals surface area (Å²) in [7, 11) is 3.32. The summed E-state index contributed by atoms with van der Waals surface area (Å²) in [6, 6.07) is 8.17. The third-order valence-electron chi connectivity index (χ3n) is 5.19. The van der Waals surface area contributed by atoms with Gasteiger partial charge in [-0.1, -0.05) is 30.3 Å². The Labute approximate surface area is 175 Å². The van der Waals surface area contributed by atoms with E-state index < -0.39 is 41.2 Å². The third kappa shape index (κ3) is 3.24. The summed E-state index contributed by atoms with van der Waals surface area (Å²) in [6.45, 7) is 0. The summed E-state index contributed by atoms with van der Waals surface area (Å²) in [4.78, 5) is 29.1. The Balaban J connectivity index is 2.27. The van der Waals surface area contributed by atoms with Crippen molar-refractivity contribution in [3.63, 3.8) is 0 Å². The molecule has 31 heavy (non-hydrogen) atoms. The van der Waals surface area contributed by atoms with E-state index in [2.05, 4.69) is 4.98 Å². The van der Waals surface area contributed by atoms with Gasteiger partial charge in [-0.25, -0.2) is 9.36 Å². The van der Waals surface area contributed by atoms with E-state index >= 15 is 4.39 Å². The predicted molar refractivity (Wildman–Crippen MR) is 102 cm³/mol. The molecule has 4 N–H and O–H groups in total. The van der Waals surface area contributed by atoms with E-state index in [-0.39, 0.29) is 15.9 Å². The van der Waals surface area contributed by atoms with Crippen molar-refractivity contribution in [3.8, 4) is 0 Å². The maximum atomic E-state index is 16.5. The lowest BCUT2D eigenvalue weighted by Gasteiger charge is -2.35. The zero-order valence-corrected chi connectivity index (χ0v) is 16.9. The lowest BCUT2D eigenvalue weighted by Crippen LogP contribution is -2.63. The molecule has 3 rings (SSSR count). The molecule has 0 unspecified atom stereocenters. The van der Waals surface area contributed by atoms with Gasteiger partial charge >= 0.3 is 17.6 Å². The van der Waals surface area contributed by atoms with Crippen molar-refractivity contribution in [2.24, 2.45) is 0 Å². The fourth-order valence-electron chi connectivity index (χ4n) is 3.55. The van der Waals surface area contributed by atoms with Crippen LogP contribution in [0.25, 0.3) is 0 Å². The maximum absolute atomic E-state index is 16.5. The molecule has 0 aliphatic carbocycles. The number of ether oxygens (including phenoxy) is 4. The Morgan fingerprint density at radius 1 is 1.23 bits per heavy atom. The normalized spacial score (nSPS) is 28.6. The van der Waals surface area contributed by atoms with Crippen LogP contribution in [0.15, 0.2) is 47.4 Å². The van der Waals surface area contributed by atoms with E-state index in [9.17, 15) is 19.8 Å². The molecule has 2 heterocycles. The summed E-state index contributed by atoms with van der Waals surface area (Å²) in [5, 5.41) is 22.4. The molecule has 0 bridgehead atoms. The van der Waals surface area contributed by atoms with Crippen LogP contribution in [-0.2, 0) is 24.9 Å². The first-order valence-corrected chi connectivity index (χ1v) is 8.99. The number of aliphatic hydroxyl groups is 2. The number of nitrogen functional groups attached to an aromatic ring is 1. The lowest BCUT2D eigenvalue weighted by atomic mass is 9.84. The van der Waals surface area contributed by atoms with Gasteiger partial charge in [-0.3, -0.25) is 4.79 Å². The molecule has 1 saturated heterocycles. The van der Waals surface area contributed by atoms with Gasteiger partial charge in [0.2, 0.25) is 11.4 Å². The van der Waals surface area contributed by atoms with E-state index in [1.165, 1.54) is 24.3 Å². The summed E-state index contributed by atoms with van der Waals surface area (Å²) in [6.07, 6.45) is -3.42. The molecule has 1 fully saturated rings. The Kier molecular flexibility index (Phi) is 5.97. The molecular formula is C19H22FN3O8. The average Bonchev–Trinajstić information content (AvgIpc) is 2.98. The van der Waals surface area contributed by atoms with Gasteiger partial charge in [0.1, 0.15) is 11.9 Å². The molecule has 11 nitrogen and oxygen atoms in total. The van der Waals surface area contributed by atoms with Gasteiger partial charge in [0.05, 0.1) is 0 Å². The van der Waals surface area contributed by atoms with E-state index in [0.29, 0.717) is 0 Å². The van der Waals surface area contributed by atoms with Gasteiger partial charge in [0, 0.05) is 33.1 Å². The highest BCUT2D eigenvalue weighted by molar-refractivity contribution is 6.03. The second-order valence-electron chi connectivity index (χ2n) is 6.73. The standard InChI is InChI=1S/C19H22FN3O8/c1-28-18(29-2,30-3)15-14(25)17(27,13(24)11-7-5-4-6-8-11)19(20,31-15)23-10-9-12(21)22-16(23)26/h4-10,14-15,25,27H,1-3H3,(H2,21,22,26)/t14-,15+,17-,19+/m1/s1. The number of carbonyl (C=O) groups is 1. The third-order valence-corrected chi connectivity index (χ3v) is 5.19. The van der Waals surface area contributed by atoms with E-state index in [0.717, 1.165) is 33.6 Å². The zero-order valence-electron chi connectivity index (χ0n) is 16.9. The topological polar surface area (TPSA) is 155 Å². The molecule has 1 aromatic carbocycles. The monoisotopic (exact) mass is 439 g/mol. The Hall–Kier alpha value is -2.74. The van der Waals surface area contributed by atoms with Gasteiger partial charge in [-0.15, -0.1) is 0 Å². The van der Waals surface area contributed by atoms with Crippen LogP contribution in [0.2, 0.25) is 0 Å². The first kappa shape index (κ1) is 22.9. The van der Waals surface area contributed by atoms with Gasteiger partial charge in [-0.05, 0) is 6.07 Å². The minimum Gasteiger partial charge on any atom is -0.386 e. The van der Waals surface area contributed by atoms with Gasteiger partial charge in [-0.2, -0.15) is 9.37 Å². The van der Waals surface area contributed by atoms with E-state index in [4.69, 9.17) is 24.7 Å². The van der Waals surface area contributed by atoms with Crippen LogP contribution in [0.5, 0.6) is 0 Å². The SMILES string of the molecule is COC(OC)(OC)[C@H]1O[C@@](F)(n2ccc(N)nc2=O)[C@@](O)(C(=O)c2ccccc2)[C@@H]1O. The molecule has 0 amide bonds. The average molecular weight is 439 g/mol. The molecule has 0 spiro atoms. The number of alkyl halides is 1. The summed E-state index contributed by atoms with van der Waals surface area (Å²) >= 11 is 0. The van der Waals surface area contributed by atoms with Crippen LogP contribution in [0.1, 0.15) is 10.4 Å². The molecule has 0 radical (unpaired) electrons. The number of anilines is 1. The number of ketones is 1. The summed E-state index contributed by atoms with van der Waals surface area (Å²) < 4.78 is 37.3. The molecule has 1 aliphatic rings. The number of aromatic nitrogens is 2. The number of nitrogens with zero attached hydrogens (tertiary/aromatic N) is 2. The van der Waals surface area contributed by atoms with E-state index in [1.54, 1.807) is 6.07 Å².